The van der Waals surface area contributed by atoms with E-state index >= 15 is 0 Å². The van der Waals surface area contributed by atoms with Crippen molar-refractivity contribution < 1.29 is 9.63 Å². The van der Waals surface area contributed by atoms with E-state index in [9.17, 15) is 5.11 Å². The highest BCUT2D eigenvalue weighted by atomic mass is 35.5. The first-order valence-corrected chi connectivity index (χ1v) is 6.11. The van der Waals surface area contributed by atoms with Crippen LogP contribution in [0.5, 0.6) is 0 Å². The van der Waals surface area contributed by atoms with Crippen molar-refractivity contribution in [3.05, 3.63) is 35.2 Å². The van der Waals surface area contributed by atoms with Crippen molar-refractivity contribution >= 4 is 24.0 Å². The number of benzene rings is 1. The summed E-state index contributed by atoms with van der Waals surface area (Å²) >= 11 is 5.92. The summed E-state index contributed by atoms with van der Waals surface area (Å²) in [5, 5.41) is 17.1. The van der Waals surface area contributed by atoms with Crippen LogP contribution in [0.25, 0.3) is 11.4 Å². The van der Waals surface area contributed by atoms with Crippen molar-refractivity contribution in [2.24, 2.45) is 0 Å². The number of nitrogens with zero attached hydrogens (tertiary/aromatic N) is 2. The maximum atomic E-state index is 9.45. The highest BCUT2D eigenvalue weighted by molar-refractivity contribution is 6.30. The number of hydrogen-bond donors (Lipinski definition) is 2. The number of hydrogen-bond acceptors (Lipinski definition) is 5. The van der Waals surface area contributed by atoms with Gasteiger partial charge in [-0.25, -0.2) is 0 Å². The molecule has 2 aromatic rings. The third-order valence-electron chi connectivity index (χ3n) is 2.93. The van der Waals surface area contributed by atoms with E-state index in [-0.39, 0.29) is 24.6 Å². The van der Waals surface area contributed by atoms with Crippen LogP contribution in [0.1, 0.15) is 18.4 Å². The number of aliphatic hydroxyl groups is 1. The topological polar surface area (TPSA) is 71.2 Å². The molecule has 0 saturated carbocycles. The highest BCUT2D eigenvalue weighted by Crippen LogP contribution is 2.25. The monoisotopic (exact) mass is 301 g/mol. The van der Waals surface area contributed by atoms with Gasteiger partial charge in [-0.3, -0.25) is 0 Å². The van der Waals surface area contributed by atoms with Gasteiger partial charge in [-0.2, -0.15) is 4.98 Å². The van der Waals surface area contributed by atoms with Gasteiger partial charge < -0.3 is 14.9 Å². The van der Waals surface area contributed by atoms with Gasteiger partial charge in [0.05, 0.1) is 12.1 Å². The number of β-amino-alcohol motifs (C(OH)–C–C–N with tert-alkyl or cyclic N) is 1. The van der Waals surface area contributed by atoms with Crippen molar-refractivity contribution in [1.29, 1.82) is 0 Å². The van der Waals surface area contributed by atoms with E-state index in [2.05, 4.69) is 15.5 Å². The van der Waals surface area contributed by atoms with E-state index in [0.29, 0.717) is 29.7 Å². The highest BCUT2D eigenvalue weighted by Gasteiger charge is 2.28. The minimum absolute atomic E-state index is 0. The van der Waals surface area contributed by atoms with Crippen LogP contribution in [0.15, 0.2) is 28.8 Å². The summed E-state index contributed by atoms with van der Waals surface area (Å²) in [5.41, 5.74) is 0.816. The molecule has 2 N–H and O–H groups in total. The Bertz CT molecular complexity index is 561. The van der Waals surface area contributed by atoms with Crippen LogP contribution in [0.2, 0.25) is 5.02 Å². The van der Waals surface area contributed by atoms with Crippen molar-refractivity contribution in [3.63, 3.8) is 0 Å². The Hall–Kier alpha value is -1.14. The molecule has 0 unspecified atom stereocenters. The largest absolute Gasteiger partial charge is 0.392 e. The summed E-state index contributed by atoms with van der Waals surface area (Å²) in [5.74, 6) is 1.01. The van der Waals surface area contributed by atoms with Crippen LogP contribution < -0.4 is 5.32 Å². The number of aliphatic hydroxyl groups excluding tert-OH is 1. The van der Waals surface area contributed by atoms with Gasteiger partial charge in [0.15, 0.2) is 0 Å². The maximum absolute atomic E-state index is 9.45. The van der Waals surface area contributed by atoms with E-state index in [0.717, 1.165) is 5.56 Å². The molecule has 1 aromatic carbocycles. The lowest BCUT2D eigenvalue weighted by Gasteiger charge is -2.01. The predicted molar refractivity (Wildman–Crippen MR) is 73.4 cm³/mol. The van der Waals surface area contributed by atoms with Crippen LogP contribution in [0, 0.1) is 0 Å². The zero-order valence-electron chi connectivity index (χ0n) is 9.91. The molecule has 5 nitrogen and oxygen atoms in total. The smallest absolute Gasteiger partial charge is 0.244 e. The fraction of sp³-hybridized carbons (Fsp3) is 0.333. The number of halogens is 2. The average molecular weight is 302 g/mol. The molecular formula is C12H13Cl2N3O2. The second-order valence-corrected chi connectivity index (χ2v) is 4.75. The summed E-state index contributed by atoms with van der Waals surface area (Å²) in [6, 6.07) is 7.22. The quantitative estimate of drug-likeness (QED) is 0.890. The Morgan fingerprint density at radius 3 is 2.95 bits per heavy atom. The number of nitrogens with one attached hydrogen (secondary N) is 1. The van der Waals surface area contributed by atoms with E-state index in [1.165, 1.54) is 0 Å². The Kier molecular flexibility index (Phi) is 4.42. The van der Waals surface area contributed by atoms with Gasteiger partial charge in [-0.05, 0) is 18.6 Å². The predicted octanol–water partition coefficient (Wildman–Crippen LogP) is 2.21. The van der Waals surface area contributed by atoms with Gasteiger partial charge in [0.1, 0.15) is 0 Å². The zero-order chi connectivity index (χ0) is 12.5. The first-order valence-electron chi connectivity index (χ1n) is 5.73. The van der Waals surface area contributed by atoms with E-state index in [4.69, 9.17) is 16.1 Å². The zero-order valence-corrected chi connectivity index (χ0v) is 11.5. The van der Waals surface area contributed by atoms with Gasteiger partial charge in [-0.1, -0.05) is 28.9 Å². The Labute approximate surface area is 121 Å². The molecule has 1 aliphatic rings. The first kappa shape index (κ1) is 14.3. The molecule has 3 rings (SSSR count). The summed E-state index contributed by atoms with van der Waals surface area (Å²) in [6.07, 6.45) is 0.244. The average Bonchev–Trinajstić information content (AvgIpc) is 2.97. The van der Waals surface area contributed by atoms with Gasteiger partial charge >= 0.3 is 0 Å². The second kappa shape index (κ2) is 5.88. The van der Waals surface area contributed by atoms with Crippen molar-refractivity contribution in [1.82, 2.24) is 15.5 Å². The van der Waals surface area contributed by atoms with Crippen molar-refractivity contribution in [2.45, 2.75) is 18.6 Å². The van der Waals surface area contributed by atoms with E-state index in [1.807, 2.05) is 12.1 Å². The standard InChI is InChI=1S/C12H12ClN3O2.ClH/c13-8-3-1-2-7(4-8)11-15-12(18-16-11)10-5-9(17)6-14-10;/h1-4,9-10,14,17H,5-6H2;1H/t9-,10+;/m0./s1. The lowest BCUT2D eigenvalue weighted by Crippen LogP contribution is -2.15. The minimum Gasteiger partial charge on any atom is -0.392 e. The SMILES string of the molecule is Cl.O[C@@H]1CN[C@@H](c2nc(-c3cccc(Cl)c3)no2)C1. The molecule has 1 aliphatic heterocycles. The molecule has 2 heterocycles. The van der Waals surface area contributed by atoms with Crippen LogP contribution in [0.4, 0.5) is 0 Å². The van der Waals surface area contributed by atoms with Crippen molar-refractivity contribution in [3.8, 4) is 11.4 Å². The summed E-state index contributed by atoms with van der Waals surface area (Å²) in [7, 11) is 0. The summed E-state index contributed by atoms with van der Waals surface area (Å²) in [6.45, 7) is 0.555. The fourth-order valence-corrected chi connectivity index (χ4v) is 2.22. The lowest BCUT2D eigenvalue weighted by atomic mass is 10.2. The molecule has 1 saturated heterocycles. The van der Waals surface area contributed by atoms with Gasteiger partial charge in [-0.15, -0.1) is 12.4 Å². The fourth-order valence-electron chi connectivity index (χ4n) is 2.03. The molecule has 0 spiro atoms. The molecule has 1 fully saturated rings. The maximum Gasteiger partial charge on any atom is 0.244 e. The van der Waals surface area contributed by atoms with Crippen LogP contribution in [0.3, 0.4) is 0 Å². The van der Waals surface area contributed by atoms with E-state index in [1.54, 1.807) is 12.1 Å². The van der Waals surface area contributed by atoms with Gasteiger partial charge in [0, 0.05) is 17.1 Å². The normalized spacial score (nSPS) is 22.2. The molecule has 1 aromatic heterocycles. The summed E-state index contributed by atoms with van der Waals surface area (Å²) < 4.78 is 5.21. The third kappa shape index (κ3) is 3.06. The Morgan fingerprint density at radius 1 is 1.42 bits per heavy atom. The van der Waals surface area contributed by atoms with Crippen LogP contribution in [-0.4, -0.2) is 27.9 Å². The third-order valence-corrected chi connectivity index (χ3v) is 3.17. The number of aromatic nitrogens is 2. The molecule has 0 aliphatic carbocycles. The molecule has 7 heteroatoms. The Morgan fingerprint density at radius 2 is 2.26 bits per heavy atom. The van der Waals surface area contributed by atoms with Gasteiger partial charge in [0.2, 0.25) is 11.7 Å². The molecule has 0 bridgehead atoms. The molecular weight excluding hydrogens is 289 g/mol. The van der Waals surface area contributed by atoms with Crippen LogP contribution in [-0.2, 0) is 0 Å². The van der Waals surface area contributed by atoms with E-state index < -0.39 is 0 Å². The minimum atomic E-state index is -0.350. The molecule has 2 atom stereocenters. The number of rotatable bonds is 2. The Balaban J connectivity index is 0.00000133. The molecule has 0 radical (unpaired) electrons. The van der Waals surface area contributed by atoms with Gasteiger partial charge in [0.25, 0.3) is 0 Å². The second-order valence-electron chi connectivity index (χ2n) is 4.32. The first-order chi connectivity index (χ1) is 8.72. The lowest BCUT2D eigenvalue weighted by molar-refractivity contribution is 0.191. The molecule has 0 amide bonds. The molecule has 102 valence electrons. The van der Waals surface area contributed by atoms with Crippen LogP contribution >= 0.6 is 24.0 Å². The van der Waals surface area contributed by atoms with Crippen molar-refractivity contribution in [2.75, 3.05) is 6.54 Å². The molecule has 19 heavy (non-hydrogen) atoms. The summed E-state index contributed by atoms with van der Waals surface area (Å²) in [4.78, 5) is 4.33.